The number of thioether (sulfide) groups is 1. The summed E-state index contributed by atoms with van der Waals surface area (Å²) in [7, 11) is 0. The predicted molar refractivity (Wildman–Crippen MR) is 53.7 cm³/mol. The lowest BCUT2D eigenvalue weighted by molar-refractivity contribution is 0.270. The minimum Gasteiger partial charge on any atom is -0.396 e. The van der Waals surface area contributed by atoms with Gasteiger partial charge in [-0.05, 0) is 17.9 Å². The highest BCUT2D eigenvalue weighted by molar-refractivity contribution is 7.98. The van der Waals surface area contributed by atoms with Crippen molar-refractivity contribution in [1.82, 2.24) is 0 Å². The van der Waals surface area contributed by atoms with Gasteiger partial charge >= 0.3 is 0 Å². The molecule has 1 N–H and O–H groups in total. The van der Waals surface area contributed by atoms with Crippen LogP contribution in [0.15, 0.2) is 23.1 Å². The minimum atomic E-state index is -0.198. The van der Waals surface area contributed by atoms with Crippen LogP contribution in [-0.2, 0) is 0 Å². The fourth-order valence-electron chi connectivity index (χ4n) is 1.16. The van der Waals surface area contributed by atoms with Crippen LogP contribution in [0, 0.1) is 5.82 Å². The van der Waals surface area contributed by atoms with Gasteiger partial charge in [0.1, 0.15) is 5.82 Å². The number of aliphatic hydroxyl groups excluding tert-OH is 1. The number of hydrogen-bond acceptors (Lipinski definition) is 2. The van der Waals surface area contributed by atoms with Crippen LogP contribution < -0.4 is 0 Å². The molecular formula is C10H13FOS. The van der Waals surface area contributed by atoms with Crippen molar-refractivity contribution >= 4 is 11.8 Å². The molecule has 3 heteroatoms. The van der Waals surface area contributed by atoms with Crippen LogP contribution >= 0.6 is 11.8 Å². The molecule has 0 spiro atoms. The lowest BCUT2D eigenvalue weighted by Gasteiger charge is -2.11. The molecule has 0 bridgehead atoms. The third-order valence-electron chi connectivity index (χ3n) is 2.02. The molecule has 0 aliphatic heterocycles. The van der Waals surface area contributed by atoms with Gasteiger partial charge in [0.05, 0.1) is 0 Å². The first-order valence-corrected chi connectivity index (χ1v) is 5.36. The molecule has 0 radical (unpaired) electrons. The molecule has 1 aromatic rings. The second-order valence-electron chi connectivity index (χ2n) is 2.95. The van der Waals surface area contributed by atoms with E-state index in [1.807, 2.05) is 19.2 Å². The predicted octanol–water partition coefficient (Wildman–Crippen LogP) is 2.64. The first-order valence-electron chi connectivity index (χ1n) is 4.14. The van der Waals surface area contributed by atoms with Crippen LogP contribution in [0.4, 0.5) is 4.39 Å². The van der Waals surface area contributed by atoms with Crippen molar-refractivity contribution in [3.8, 4) is 0 Å². The van der Waals surface area contributed by atoms with E-state index in [-0.39, 0.29) is 18.3 Å². The molecule has 0 aliphatic rings. The fourth-order valence-corrected chi connectivity index (χ4v) is 1.68. The van der Waals surface area contributed by atoms with Crippen molar-refractivity contribution in [2.45, 2.75) is 17.7 Å². The van der Waals surface area contributed by atoms with Crippen molar-refractivity contribution in [2.75, 3.05) is 12.9 Å². The molecule has 1 nitrogen and oxygen atoms in total. The molecule has 1 unspecified atom stereocenters. The summed E-state index contributed by atoms with van der Waals surface area (Å²) < 4.78 is 13.6. The largest absolute Gasteiger partial charge is 0.396 e. The summed E-state index contributed by atoms with van der Waals surface area (Å²) in [5.41, 5.74) is 0.592. The van der Waals surface area contributed by atoms with Gasteiger partial charge in [-0.25, -0.2) is 4.39 Å². The van der Waals surface area contributed by atoms with E-state index >= 15 is 0 Å². The Morgan fingerprint density at radius 3 is 2.77 bits per heavy atom. The SMILES string of the molecule is CSc1cccc(C(C)CO)c1F. The van der Waals surface area contributed by atoms with Crippen molar-refractivity contribution < 1.29 is 9.50 Å². The van der Waals surface area contributed by atoms with Crippen LogP contribution in [-0.4, -0.2) is 18.0 Å². The molecule has 0 aliphatic carbocycles. The van der Waals surface area contributed by atoms with Crippen LogP contribution in [0.5, 0.6) is 0 Å². The van der Waals surface area contributed by atoms with E-state index in [0.29, 0.717) is 10.5 Å². The van der Waals surface area contributed by atoms with Gasteiger partial charge in [-0.2, -0.15) is 0 Å². The van der Waals surface area contributed by atoms with Crippen LogP contribution in [0.25, 0.3) is 0 Å². The van der Waals surface area contributed by atoms with Gasteiger partial charge in [0.25, 0.3) is 0 Å². The van der Waals surface area contributed by atoms with Crippen LogP contribution in [0.2, 0.25) is 0 Å². The Morgan fingerprint density at radius 2 is 2.23 bits per heavy atom. The Bertz CT molecular complexity index is 288. The van der Waals surface area contributed by atoms with E-state index in [4.69, 9.17) is 5.11 Å². The third kappa shape index (κ3) is 2.23. The second kappa shape index (κ2) is 4.63. The first kappa shape index (κ1) is 10.5. The maximum absolute atomic E-state index is 13.6. The number of aliphatic hydroxyl groups is 1. The normalized spacial score (nSPS) is 12.9. The Kier molecular flexibility index (Phi) is 3.75. The number of benzene rings is 1. The molecule has 0 saturated heterocycles. The summed E-state index contributed by atoms with van der Waals surface area (Å²) in [6, 6.07) is 5.28. The molecule has 72 valence electrons. The van der Waals surface area contributed by atoms with Gasteiger partial charge in [-0.1, -0.05) is 19.1 Å². The molecule has 1 aromatic carbocycles. The fraction of sp³-hybridized carbons (Fsp3) is 0.400. The number of hydrogen-bond donors (Lipinski definition) is 1. The standard InChI is InChI=1S/C10H13FOS/c1-7(6-12)8-4-3-5-9(13-2)10(8)11/h3-5,7,12H,6H2,1-2H3. The van der Waals surface area contributed by atoms with Crippen LogP contribution in [0.3, 0.4) is 0 Å². The Morgan fingerprint density at radius 1 is 1.54 bits per heavy atom. The van der Waals surface area contributed by atoms with Gasteiger partial charge in [0.15, 0.2) is 0 Å². The van der Waals surface area contributed by atoms with Crippen molar-refractivity contribution in [3.63, 3.8) is 0 Å². The zero-order valence-electron chi connectivity index (χ0n) is 7.75. The Hall–Kier alpha value is -0.540. The summed E-state index contributed by atoms with van der Waals surface area (Å²) in [5, 5.41) is 8.90. The van der Waals surface area contributed by atoms with E-state index in [1.165, 1.54) is 11.8 Å². The average molecular weight is 200 g/mol. The van der Waals surface area contributed by atoms with Crippen LogP contribution in [0.1, 0.15) is 18.4 Å². The monoisotopic (exact) mass is 200 g/mol. The van der Waals surface area contributed by atoms with Crippen molar-refractivity contribution in [1.29, 1.82) is 0 Å². The van der Waals surface area contributed by atoms with Gasteiger partial charge in [0.2, 0.25) is 0 Å². The molecular weight excluding hydrogens is 187 g/mol. The van der Waals surface area contributed by atoms with Crippen molar-refractivity contribution in [2.24, 2.45) is 0 Å². The highest BCUT2D eigenvalue weighted by atomic mass is 32.2. The molecule has 0 fully saturated rings. The van der Waals surface area contributed by atoms with Gasteiger partial charge in [-0.3, -0.25) is 0 Å². The molecule has 13 heavy (non-hydrogen) atoms. The Balaban J connectivity index is 3.08. The summed E-state index contributed by atoms with van der Waals surface area (Å²) in [6.45, 7) is 1.79. The van der Waals surface area contributed by atoms with Gasteiger partial charge in [0, 0.05) is 17.4 Å². The van der Waals surface area contributed by atoms with Crippen molar-refractivity contribution in [3.05, 3.63) is 29.6 Å². The second-order valence-corrected chi connectivity index (χ2v) is 3.80. The Labute approximate surface area is 82.0 Å². The third-order valence-corrected chi connectivity index (χ3v) is 2.77. The molecule has 0 aromatic heterocycles. The maximum atomic E-state index is 13.6. The topological polar surface area (TPSA) is 20.2 Å². The van der Waals surface area contributed by atoms with Gasteiger partial charge < -0.3 is 5.11 Å². The van der Waals surface area contributed by atoms with E-state index in [9.17, 15) is 4.39 Å². The van der Waals surface area contributed by atoms with E-state index in [1.54, 1.807) is 12.1 Å². The number of halogens is 1. The minimum absolute atomic E-state index is 0.0191. The molecule has 0 heterocycles. The summed E-state index contributed by atoms with van der Waals surface area (Å²) in [4.78, 5) is 0.637. The maximum Gasteiger partial charge on any atom is 0.140 e. The van der Waals surface area contributed by atoms with E-state index in [0.717, 1.165) is 0 Å². The van der Waals surface area contributed by atoms with Gasteiger partial charge in [-0.15, -0.1) is 11.8 Å². The molecule has 1 rings (SSSR count). The zero-order chi connectivity index (χ0) is 9.84. The quantitative estimate of drug-likeness (QED) is 0.757. The van der Waals surface area contributed by atoms with E-state index < -0.39 is 0 Å². The summed E-state index contributed by atoms with van der Waals surface area (Å²) in [6.07, 6.45) is 1.84. The molecule has 1 atom stereocenters. The highest BCUT2D eigenvalue weighted by Crippen LogP contribution is 2.26. The molecule has 0 saturated carbocycles. The van der Waals surface area contributed by atoms with E-state index in [2.05, 4.69) is 0 Å². The molecule has 0 amide bonds. The summed E-state index contributed by atoms with van der Waals surface area (Å²) >= 11 is 1.38. The zero-order valence-corrected chi connectivity index (χ0v) is 8.57. The number of rotatable bonds is 3. The smallest absolute Gasteiger partial charge is 0.140 e. The lowest BCUT2D eigenvalue weighted by Crippen LogP contribution is -2.02. The highest BCUT2D eigenvalue weighted by Gasteiger charge is 2.12. The first-order chi connectivity index (χ1) is 6.20. The average Bonchev–Trinajstić information content (AvgIpc) is 2.17. The lowest BCUT2D eigenvalue weighted by atomic mass is 10.0. The summed E-state index contributed by atoms with van der Waals surface area (Å²) in [5.74, 6) is -0.330.